The Labute approximate surface area is 202 Å². The van der Waals surface area contributed by atoms with E-state index in [0.717, 1.165) is 24.7 Å². The minimum atomic E-state index is -0.612. The standard InChI is InChI=1S/C30H48O3/c1-20(9-8-14-25(2,3)33-32)21-12-15-28(7)23-11-10-22-26(4,5)24(31)13-16-29(22)19-30(23,29)18-17-27(21,28)6/h8,14,20-23,32H,9-13,15-19H2,1-7H3/b14-8+/t20-,21-,22+,23-,27-,28+,29-,30+/m1/s1. The van der Waals surface area contributed by atoms with E-state index in [1.165, 1.54) is 51.4 Å². The summed E-state index contributed by atoms with van der Waals surface area (Å²) >= 11 is 0. The maximum Gasteiger partial charge on any atom is 0.138 e. The Bertz CT molecular complexity index is 857. The molecule has 0 radical (unpaired) electrons. The summed E-state index contributed by atoms with van der Waals surface area (Å²) in [5.74, 6) is 3.40. The highest BCUT2D eigenvalue weighted by molar-refractivity contribution is 5.86. The second-order valence-corrected chi connectivity index (χ2v) is 14.6. The molecule has 3 heteroatoms. The zero-order chi connectivity index (χ0) is 24.1. The van der Waals surface area contributed by atoms with Gasteiger partial charge >= 0.3 is 0 Å². The number of carbonyl (C=O) groups excluding carboxylic acids is 1. The molecule has 5 aliphatic rings. The van der Waals surface area contributed by atoms with E-state index in [9.17, 15) is 4.79 Å². The lowest BCUT2D eigenvalue weighted by atomic mass is 9.42. The molecule has 0 saturated heterocycles. The molecular formula is C30H48O3. The van der Waals surface area contributed by atoms with E-state index in [1.807, 2.05) is 19.9 Å². The molecule has 0 unspecified atom stereocenters. The Balaban J connectivity index is 1.38. The number of carbonyl (C=O) groups is 1. The van der Waals surface area contributed by atoms with Crippen molar-refractivity contribution in [3.63, 3.8) is 0 Å². The summed E-state index contributed by atoms with van der Waals surface area (Å²) in [6.07, 6.45) is 16.8. The van der Waals surface area contributed by atoms with Gasteiger partial charge in [-0.05, 0) is 117 Å². The molecule has 0 aliphatic heterocycles. The van der Waals surface area contributed by atoms with Gasteiger partial charge in [0, 0.05) is 11.8 Å². The maximum atomic E-state index is 12.8. The van der Waals surface area contributed by atoms with Gasteiger partial charge in [-0.15, -0.1) is 0 Å². The summed E-state index contributed by atoms with van der Waals surface area (Å²) in [6, 6.07) is 0. The zero-order valence-electron chi connectivity index (χ0n) is 22.3. The average molecular weight is 457 g/mol. The fraction of sp³-hybridized carbons (Fsp3) is 0.900. The van der Waals surface area contributed by atoms with Gasteiger partial charge in [0.15, 0.2) is 0 Å². The van der Waals surface area contributed by atoms with Crippen molar-refractivity contribution in [3.05, 3.63) is 12.2 Å². The predicted octanol–water partition coefficient (Wildman–Crippen LogP) is 7.85. The van der Waals surface area contributed by atoms with Gasteiger partial charge in [-0.3, -0.25) is 10.1 Å². The highest BCUT2D eigenvalue weighted by Crippen LogP contribution is 2.88. The van der Waals surface area contributed by atoms with Crippen LogP contribution in [-0.4, -0.2) is 16.6 Å². The van der Waals surface area contributed by atoms with Gasteiger partial charge in [-0.25, -0.2) is 4.89 Å². The molecule has 8 atom stereocenters. The molecule has 0 bridgehead atoms. The molecule has 0 amide bonds. The van der Waals surface area contributed by atoms with Crippen molar-refractivity contribution in [1.82, 2.24) is 0 Å². The van der Waals surface area contributed by atoms with Crippen molar-refractivity contribution in [3.8, 4) is 0 Å². The van der Waals surface area contributed by atoms with Gasteiger partial charge < -0.3 is 0 Å². The molecule has 2 spiro atoms. The maximum absolute atomic E-state index is 12.8. The molecular weight excluding hydrogens is 408 g/mol. The first-order valence-electron chi connectivity index (χ1n) is 13.8. The van der Waals surface area contributed by atoms with Gasteiger partial charge in [0.1, 0.15) is 11.4 Å². The highest BCUT2D eigenvalue weighted by Gasteiger charge is 2.82. The molecule has 0 heterocycles. The highest BCUT2D eigenvalue weighted by atomic mass is 17.1. The van der Waals surface area contributed by atoms with E-state index in [0.29, 0.717) is 39.3 Å². The number of rotatable bonds is 5. The zero-order valence-corrected chi connectivity index (χ0v) is 22.3. The van der Waals surface area contributed by atoms with Crippen LogP contribution in [-0.2, 0) is 9.68 Å². The van der Waals surface area contributed by atoms with Gasteiger partial charge in [0.25, 0.3) is 0 Å². The topological polar surface area (TPSA) is 46.5 Å². The fourth-order valence-corrected chi connectivity index (χ4v) is 10.9. The lowest BCUT2D eigenvalue weighted by molar-refractivity contribution is -0.297. The Hall–Kier alpha value is -0.670. The van der Waals surface area contributed by atoms with Crippen LogP contribution in [0.1, 0.15) is 113 Å². The van der Waals surface area contributed by atoms with E-state index in [1.54, 1.807) is 0 Å². The first-order valence-corrected chi connectivity index (χ1v) is 13.8. The van der Waals surface area contributed by atoms with Crippen LogP contribution in [0.3, 0.4) is 0 Å². The smallest absolute Gasteiger partial charge is 0.138 e. The minimum absolute atomic E-state index is 0.112. The van der Waals surface area contributed by atoms with Crippen molar-refractivity contribution in [2.24, 2.45) is 50.7 Å². The van der Waals surface area contributed by atoms with Crippen LogP contribution in [0.25, 0.3) is 0 Å². The number of Topliss-reactive ketones (excluding diaryl/α,β-unsaturated/α-hetero) is 1. The molecule has 33 heavy (non-hydrogen) atoms. The molecule has 0 aromatic carbocycles. The number of allylic oxidation sites excluding steroid dienone is 1. The van der Waals surface area contributed by atoms with Gasteiger partial charge in [0.2, 0.25) is 0 Å². The Morgan fingerprint density at radius 2 is 1.67 bits per heavy atom. The summed E-state index contributed by atoms with van der Waals surface area (Å²) in [5, 5.41) is 9.10. The average Bonchev–Trinajstić information content (AvgIpc) is 3.33. The van der Waals surface area contributed by atoms with E-state index in [4.69, 9.17) is 5.26 Å². The molecule has 5 saturated carbocycles. The summed E-state index contributed by atoms with van der Waals surface area (Å²) < 4.78 is 0. The second kappa shape index (κ2) is 7.19. The van der Waals surface area contributed by atoms with E-state index in [2.05, 4.69) is 45.6 Å². The summed E-state index contributed by atoms with van der Waals surface area (Å²) in [5.41, 5.74) is 1.12. The SMILES string of the molecule is C[C@H](C/C=C/C(C)(C)OO)[C@H]1CC[C@@]2(C)[C@H]3CC[C@H]4C(C)(C)C(=O)CC[C@@]45C[C@@]35CC[C@]12C. The van der Waals surface area contributed by atoms with Crippen LogP contribution in [0.2, 0.25) is 0 Å². The summed E-state index contributed by atoms with van der Waals surface area (Å²) in [6.45, 7) is 16.1. The third-order valence-corrected chi connectivity index (χ3v) is 12.9. The lowest BCUT2D eigenvalue weighted by Crippen LogP contribution is -2.57. The third kappa shape index (κ3) is 2.97. The molecule has 1 N–H and O–H groups in total. The monoisotopic (exact) mass is 456 g/mol. The Morgan fingerprint density at radius 3 is 2.36 bits per heavy atom. The Kier molecular flexibility index (Phi) is 5.24. The van der Waals surface area contributed by atoms with Crippen LogP contribution >= 0.6 is 0 Å². The van der Waals surface area contributed by atoms with Crippen LogP contribution < -0.4 is 0 Å². The molecule has 0 aromatic heterocycles. The largest absolute Gasteiger partial charge is 0.299 e. The van der Waals surface area contributed by atoms with Crippen LogP contribution in [0.5, 0.6) is 0 Å². The van der Waals surface area contributed by atoms with Crippen molar-refractivity contribution in [1.29, 1.82) is 0 Å². The first-order chi connectivity index (χ1) is 15.3. The van der Waals surface area contributed by atoms with E-state index < -0.39 is 5.60 Å². The normalized spacial score (nSPS) is 49.2. The summed E-state index contributed by atoms with van der Waals surface area (Å²) in [4.78, 5) is 17.4. The van der Waals surface area contributed by atoms with Crippen molar-refractivity contribution >= 4 is 5.78 Å². The molecule has 0 aromatic rings. The molecule has 5 fully saturated rings. The molecule has 5 rings (SSSR count). The second-order valence-electron chi connectivity index (χ2n) is 14.6. The number of ketones is 1. The van der Waals surface area contributed by atoms with Crippen LogP contribution in [0.4, 0.5) is 0 Å². The number of hydrogen-bond acceptors (Lipinski definition) is 3. The van der Waals surface area contributed by atoms with Crippen LogP contribution in [0.15, 0.2) is 12.2 Å². The van der Waals surface area contributed by atoms with Gasteiger partial charge in [-0.1, -0.05) is 46.8 Å². The lowest BCUT2D eigenvalue weighted by Gasteiger charge is -2.62. The first kappa shape index (κ1) is 24.0. The van der Waals surface area contributed by atoms with Crippen molar-refractivity contribution in [2.45, 2.75) is 118 Å². The molecule has 186 valence electrons. The van der Waals surface area contributed by atoms with E-state index >= 15 is 0 Å². The number of fused-ring (bicyclic) bond motifs is 2. The summed E-state index contributed by atoms with van der Waals surface area (Å²) in [7, 11) is 0. The van der Waals surface area contributed by atoms with Crippen molar-refractivity contribution in [2.75, 3.05) is 0 Å². The molecule has 5 aliphatic carbocycles. The van der Waals surface area contributed by atoms with Crippen molar-refractivity contribution < 1.29 is 14.9 Å². The predicted molar refractivity (Wildman–Crippen MR) is 133 cm³/mol. The minimum Gasteiger partial charge on any atom is -0.299 e. The quantitative estimate of drug-likeness (QED) is 0.260. The van der Waals surface area contributed by atoms with Gasteiger partial charge in [0.05, 0.1) is 0 Å². The van der Waals surface area contributed by atoms with Crippen LogP contribution in [0, 0.1) is 50.7 Å². The number of hydrogen-bond donors (Lipinski definition) is 1. The molecule has 3 nitrogen and oxygen atoms in total. The Morgan fingerprint density at radius 1 is 1.00 bits per heavy atom. The van der Waals surface area contributed by atoms with Gasteiger partial charge in [-0.2, -0.15) is 0 Å². The third-order valence-electron chi connectivity index (χ3n) is 12.9. The fourth-order valence-electron chi connectivity index (χ4n) is 10.9. The van der Waals surface area contributed by atoms with E-state index in [-0.39, 0.29) is 5.41 Å².